The zero-order valence-corrected chi connectivity index (χ0v) is 18.9. The number of H-pyrrole nitrogens is 1. The third-order valence-electron chi connectivity index (χ3n) is 6.38. The van der Waals surface area contributed by atoms with Crippen molar-refractivity contribution in [2.45, 2.75) is 51.0 Å². The maximum Gasteiger partial charge on any atom is 0.247 e. The molecule has 0 spiro atoms. The maximum absolute atomic E-state index is 13.1. The maximum atomic E-state index is 13.1. The number of pyridine rings is 1. The molecule has 1 unspecified atom stereocenters. The fraction of sp³-hybridized carbons (Fsp3) is 0.435. The van der Waals surface area contributed by atoms with Crippen LogP contribution in [0.25, 0.3) is 0 Å². The molecule has 1 fully saturated rings. The number of nitrogens with zero attached hydrogens (tertiary/aromatic N) is 5. The second-order valence-electron chi connectivity index (χ2n) is 8.78. The molecule has 1 amide bonds. The minimum atomic E-state index is -0.595. The van der Waals surface area contributed by atoms with Gasteiger partial charge in [0.05, 0.1) is 24.2 Å². The van der Waals surface area contributed by atoms with Crippen LogP contribution in [-0.2, 0) is 17.6 Å². The van der Waals surface area contributed by atoms with E-state index in [-0.39, 0.29) is 18.4 Å². The molecular weight excluding hydrogens is 439 g/mol. The molecule has 1 aliphatic heterocycles. The number of halogens is 1. The molecule has 34 heavy (non-hydrogen) atoms. The highest BCUT2D eigenvalue weighted by Crippen LogP contribution is 2.33. The second kappa shape index (κ2) is 9.34. The fourth-order valence-corrected chi connectivity index (χ4v) is 4.48. The summed E-state index contributed by atoms with van der Waals surface area (Å²) in [4.78, 5) is 28.1. The van der Waals surface area contributed by atoms with E-state index in [4.69, 9.17) is 9.97 Å². The summed E-state index contributed by atoms with van der Waals surface area (Å²) in [5.41, 5.74) is 3.34. The van der Waals surface area contributed by atoms with Crippen LogP contribution >= 0.6 is 0 Å². The van der Waals surface area contributed by atoms with Gasteiger partial charge < -0.3 is 20.6 Å². The number of aliphatic hydroxyl groups is 1. The molecule has 1 aliphatic carbocycles. The second-order valence-corrected chi connectivity index (χ2v) is 8.78. The lowest BCUT2D eigenvalue weighted by Gasteiger charge is -2.25. The van der Waals surface area contributed by atoms with Crippen molar-refractivity contribution in [2.75, 3.05) is 28.7 Å². The highest BCUT2D eigenvalue weighted by molar-refractivity contribution is 5.96. The highest BCUT2D eigenvalue weighted by Gasteiger charge is 2.34. The molecule has 4 heterocycles. The summed E-state index contributed by atoms with van der Waals surface area (Å²) >= 11 is 0. The number of nitrogens with one attached hydrogen (secondary N) is 3. The molecule has 1 saturated heterocycles. The minimum Gasteiger partial charge on any atom is -0.396 e. The number of hydrogen-bond acceptors (Lipinski definition) is 8. The van der Waals surface area contributed by atoms with Gasteiger partial charge in [0.15, 0.2) is 5.82 Å². The lowest BCUT2D eigenvalue weighted by molar-refractivity contribution is -0.117. The van der Waals surface area contributed by atoms with E-state index in [1.54, 1.807) is 0 Å². The molecule has 5 rings (SSSR count). The van der Waals surface area contributed by atoms with Crippen molar-refractivity contribution in [1.82, 2.24) is 25.1 Å². The molecule has 3 aromatic heterocycles. The van der Waals surface area contributed by atoms with Gasteiger partial charge in [-0.3, -0.25) is 9.89 Å². The molecule has 0 bridgehead atoms. The van der Waals surface area contributed by atoms with Crippen molar-refractivity contribution in [3.8, 4) is 0 Å². The third kappa shape index (κ3) is 4.43. The van der Waals surface area contributed by atoms with Crippen LogP contribution in [0, 0.1) is 5.95 Å². The van der Waals surface area contributed by atoms with E-state index in [0.29, 0.717) is 36.2 Å². The van der Waals surface area contributed by atoms with E-state index in [0.717, 1.165) is 42.6 Å². The van der Waals surface area contributed by atoms with Crippen LogP contribution in [0.3, 0.4) is 0 Å². The van der Waals surface area contributed by atoms with Crippen molar-refractivity contribution >= 4 is 29.2 Å². The molecule has 2 aliphatic rings. The number of amides is 1. The molecule has 10 nitrogen and oxygen atoms in total. The molecular formula is C23H27FN8O2. The predicted molar refractivity (Wildman–Crippen MR) is 125 cm³/mol. The van der Waals surface area contributed by atoms with Crippen LogP contribution in [0.1, 0.15) is 49.1 Å². The van der Waals surface area contributed by atoms with E-state index >= 15 is 0 Å². The van der Waals surface area contributed by atoms with Crippen LogP contribution < -0.4 is 15.5 Å². The van der Waals surface area contributed by atoms with Gasteiger partial charge in [-0.2, -0.15) is 14.5 Å². The summed E-state index contributed by atoms with van der Waals surface area (Å²) in [5, 5.41) is 22.8. The predicted octanol–water partition coefficient (Wildman–Crippen LogP) is 2.67. The van der Waals surface area contributed by atoms with Crippen molar-refractivity contribution in [2.24, 2.45) is 0 Å². The molecule has 0 saturated carbocycles. The number of aromatic nitrogens is 5. The van der Waals surface area contributed by atoms with Crippen LogP contribution in [0.5, 0.6) is 0 Å². The molecule has 4 N–H and O–H groups in total. The number of rotatable bonds is 7. The lowest BCUT2D eigenvalue weighted by Crippen LogP contribution is -2.40. The van der Waals surface area contributed by atoms with Crippen LogP contribution in [-0.4, -0.2) is 55.4 Å². The van der Waals surface area contributed by atoms with Gasteiger partial charge in [-0.25, -0.2) is 9.97 Å². The van der Waals surface area contributed by atoms with E-state index in [9.17, 15) is 14.3 Å². The first-order valence-electron chi connectivity index (χ1n) is 11.5. The van der Waals surface area contributed by atoms with Gasteiger partial charge in [-0.15, -0.1) is 0 Å². The molecule has 2 atom stereocenters. The largest absolute Gasteiger partial charge is 0.396 e. The Bertz CT molecular complexity index is 1180. The zero-order valence-electron chi connectivity index (χ0n) is 18.9. The zero-order chi connectivity index (χ0) is 23.7. The Labute approximate surface area is 196 Å². The van der Waals surface area contributed by atoms with Crippen LogP contribution in [0.15, 0.2) is 24.4 Å². The molecule has 3 aromatic rings. The molecule has 0 aromatic carbocycles. The van der Waals surface area contributed by atoms with Crippen LogP contribution in [0.4, 0.5) is 27.7 Å². The number of carbonyl (C=O) groups is 1. The van der Waals surface area contributed by atoms with E-state index in [2.05, 4.69) is 25.8 Å². The minimum absolute atomic E-state index is 0.0289. The quantitative estimate of drug-likeness (QED) is 0.391. The average Bonchev–Trinajstić information content (AvgIpc) is 3.60. The third-order valence-corrected chi connectivity index (χ3v) is 6.38. The summed E-state index contributed by atoms with van der Waals surface area (Å²) in [5.74, 6) is 0.989. The first-order valence-corrected chi connectivity index (χ1v) is 11.5. The Kier molecular flexibility index (Phi) is 6.10. The number of carbonyl (C=O) groups excluding carboxylic acids is 1. The van der Waals surface area contributed by atoms with E-state index in [1.165, 1.54) is 18.3 Å². The summed E-state index contributed by atoms with van der Waals surface area (Å²) in [7, 11) is 0. The lowest BCUT2D eigenvalue weighted by atomic mass is 10.1. The van der Waals surface area contributed by atoms with Gasteiger partial charge >= 0.3 is 0 Å². The Hall–Kier alpha value is -3.60. The molecule has 11 heteroatoms. The molecule has 0 radical (unpaired) electrons. The van der Waals surface area contributed by atoms with Crippen molar-refractivity contribution < 1.29 is 14.3 Å². The highest BCUT2D eigenvalue weighted by atomic mass is 19.1. The summed E-state index contributed by atoms with van der Waals surface area (Å²) < 4.78 is 13.1. The number of fused-ring (bicyclic) bond motifs is 1. The van der Waals surface area contributed by atoms with Crippen molar-refractivity contribution in [3.63, 3.8) is 0 Å². The number of hydrogen-bond donors (Lipinski definition) is 4. The fourth-order valence-electron chi connectivity index (χ4n) is 4.48. The summed E-state index contributed by atoms with van der Waals surface area (Å²) in [6.45, 7) is 2.61. The monoisotopic (exact) mass is 466 g/mol. The van der Waals surface area contributed by atoms with Crippen molar-refractivity contribution in [3.05, 3.63) is 47.3 Å². The number of aliphatic hydroxyl groups excluding tert-OH is 1. The van der Waals surface area contributed by atoms with Gasteiger partial charge in [0.25, 0.3) is 0 Å². The van der Waals surface area contributed by atoms with Gasteiger partial charge in [0.1, 0.15) is 11.9 Å². The first-order chi connectivity index (χ1) is 16.5. The Morgan fingerprint density at radius 1 is 1.32 bits per heavy atom. The Balaban J connectivity index is 1.39. The number of aryl methyl sites for hydroxylation is 1. The Morgan fingerprint density at radius 3 is 3.00 bits per heavy atom. The SMILES string of the molecule is CC(CO)c1cc(Nc2nc(N3CCC[C@H]3C(=O)Nc3ccc(F)nc3)nc3c2CCC3)n[nH]1. The normalized spacial score (nSPS) is 18.1. The number of aromatic amines is 1. The van der Waals surface area contributed by atoms with E-state index < -0.39 is 12.0 Å². The van der Waals surface area contributed by atoms with Gasteiger partial charge in [-0.05, 0) is 44.2 Å². The van der Waals surface area contributed by atoms with Crippen LogP contribution in [0.2, 0.25) is 0 Å². The average molecular weight is 467 g/mol. The van der Waals surface area contributed by atoms with Gasteiger partial charge in [0, 0.05) is 29.8 Å². The smallest absolute Gasteiger partial charge is 0.247 e. The number of anilines is 4. The summed E-state index contributed by atoms with van der Waals surface area (Å²) in [6.07, 6.45) is 5.55. The van der Waals surface area contributed by atoms with Gasteiger partial charge in [0.2, 0.25) is 17.8 Å². The summed E-state index contributed by atoms with van der Waals surface area (Å²) in [6, 6.07) is 4.14. The first kappa shape index (κ1) is 22.2. The topological polar surface area (TPSA) is 132 Å². The van der Waals surface area contributed by atoms with E-state index in [1.807, 2.05) is 17.9 Å². The van der Waals surface area contributed by atoms with Crippen molar-refractivity contribution in [1.29, 1.82) is 0 Å². The molecule has 178 valence electrons. The Morgan fingerprint density at radius 2 is 2.21 bits per heavy atom. The standard InChI is InChI=1S/C23H27FN8O2/c1-13(12-33)17-10-20(31-30-17)28-21-15-4-2-5-16(15)27-23(29-21)32-9-3-6-18(32)22(34)26-14-7-8-19(24)25-11-14/h7-8,10-11,13,18,33H,2-6,9,12H2,1H3,(H,26,34)(H2,27,28,29,30,31)/t13?,18-/m0/s1. The van der Waals surface area contributed by atoms with Gasteiger partial charge in [-0.1, -0.05) is 6.92 Å².